The molecule has 0 atom stereocenters. The fourth-order valence-corrected chi connectivity index (χ4v) is 5.91. The van der Waals surface area contributed by atoms with Gasteiger partial charge in [0.25, 0.3) is 0 Å². The number of hydrogen-bond donors (Lipinski definition) is 0. The van der Waals surface area contributed by atoms with Gasteiger partial charge in [-0.1, -0.05) is 127 Å². The Morgan fingerprint density at radius 2 is 1.20 bits per heavy atom. The second-order valence-electron chi connectivity index (χ2n) is 11.2. The fourth-order valence-electron chi connectivity index (χ4n) is 5.91. The van der Waals surface area contributed by atoms with Crippen molar-refractivity contribution in [2.75, 3.05) is 0 Å². The van der Waals surface area contributed by atoms with E-state index in [1.807, 2.05) is 0 Å². The molecule has 3 rings (SSSR count). The number of unbranched alkanes of at least 4 members (excludes halogenated alkanes) is 9. The minimum absolute atomic E-state index is 0.0556. The molecule has 0 radical (unpaired) electrons. The van der Waals surface area contributed by atoms with Gasteiger partial charge < -0.3 is 0 Å². The molecule has 0 N–H and O–H groups in total. The van der Waals surface area contributed by atoms with Gasteiger partial charge in [0.1, 0.15) is 0 Å². The van der Waals surface area contributed by atoms with Gasteiger partial charge in [0, 0.05) is 0 Å². The molecule has 0 unspecified atom stereocenters. The first-order valence-corrected chi connectivity index (χ1v) is 14.8. The van der Waals surface area contributed by atoms with Gasteiger partial charge in [-0.2, -0.15) is 5.26 Å². The molecule has 0 aromatic heterocycles. The first-order valence-electron chi connectivity index (χ1n) is 14.8. The zero-order valence-corrected chi connectivity index (χ0v) is 22.7. The maximum atomic E-state index is 9.92. The van der Waals surface area contributed by atoms with Crippen LogP contribution >= 0.6 is 0 Å². The smallest absolute Gasteiger partial charge is 0.0689 e. The van der Waals surface area contributed by atoms with Crippen molar-refractivity contribution >= 4 is 0 Å². The van der Waals surface area contributed by atoms with Crippen molar-refractivity contribution in [1.82, 2.24) is 0 Å². The second-order valence-corrected chi connectivity index (χ2v) is 11.2. The summed E-state index contributed by atoms with van der Waals surface area (Å²) < 4.78 is 0. The van der Waals surface area contributed by atoms with E-state index >= 15 is 0 Å². The van der Waals surface area contributed by atoms with Crippen molar-refractivity contribution < 1.29 is 0 Å². The Hall–Kier alpha value is -2.07. The lowest BCUT2D eigenvalue weighted by Crippen LogP contribution is -2.25. The zero-order valence-electron chi connectivity index (χ0n) is 22.7. The van der Waals surface area contributed by atoms with Gasteiger partial charge in [0.15, 0.2) is 0 Å². The quantitative estimate of drug-likeness (QED) is 0.237. The third-order valence-corrected chi connectivity index (χ3v) is 8.43. The molecule has 0 aliphatic heterocycles. The Bertz CT molecular complexity index is 862. The standard InChI is InChI=1S/C34H49N/c1-3-5-7-9-10-12-14-29-15-17-30(18-16-29)31-19-21-32(22-20-31)33-23-26-34(28-35,27-24-33)25-13-11-8-6-4-2/h15-22,33H,3-14,23-27H2,1-2H3. The first-order chi connectivity index (χ1) is 17.2. The van der Waals surface area contributed by atoms with Crippen molar-refractivity contribution in [3.05, 3.63) is 59.7 Å². The van der Waals surface area contributed by atoms with Gasteiger partial charge in [0.05, 0.1) is 11.5 Å². The maximum absolute atomic E-state index is 9.92. The lowest BCUT2D eigenvalue weighted by Gasteiger charge is -2.35. The molecule has 35 heavy (non-hydrogen) atoms. The van der Waals surface area contributed by atoms with Crippen LogP contribution in [0.3, 0.4) is 0 Å². The predicted octanol–water partition coefficient (Wildman–Crippen LogP) is 10.8. The Balaban J connectivity index is 1.45. The van der Waals surface area contributed by atoms with Gasteiger partial charge in [-0.3, -0.25) is 0 Å². The maximum Gasteiger partial charge on any atom is 0.0689 e. The van der Waals surface area contributed by atoms with E-state index in [0.717, 1.165) is 32.1 Å². The summed E-state index contributed by atoms with van der Waals surface area (Å²) >= 11 is 0. The highest BCUT2D eigenvalue weighted by Gasteiger charge is 2.35. The predicted molar refractivity (Wildman–Crippen MR) is 152 cm³/mol. The Labute approximate surface area is 216 Å². The summed E-state index contributed by atoms with van der Waals surface area (Å²) in [5.74, 6) is 0.616. The summed E-state index contributed by atoms with van der Waals surface area (Å²) in [6, 6.07) is 21.3. The topological polar surface area (TPSA) is 23.8 Å². The van der Waals surface area contributed by atoms with Crippen LogP contribution in [0.15, 0.2) is 48.5 Å². The number of rotatable bonds is 15. The molecule has 0 spiro atoms. The van der Waals surface area contributed by atoms with Gasteiger partial charge in [0.2, 0.25) is 0 Å². The molecule has 1 fully saturated rings. The summed E-state index contributed by atoms with van der Waals surface area (Å²) in [5, 5.41) is 9.92. The van der Waals surface area contributed by atoms with Crippen LogP contribution in [0.1, 0.15) is 134 Å². The molecule has 1 nitrogen and oxygen atoms in total. The molecule has 1 aliphatic rings. The van der Waals surface area contributed by atoms with Gasteiger partial charge >= 0.3 is 0 Å². The van der Waals surface area contributed by atoms with Crippen molar-refractivity contribution in [1.29, 1.82) is 5.26 Å². The van der Waals surface area contributed by atoms with E-state index in [4.69, 9.17) is 0 Å². The molecular formula is C34H49N. The van der Waals surface area contributed by atoms with Crippen LogP contribution in [0.2, 0.25) is 0 Å². The SMILES string of the molecule is CCCCCCCCc1ccc(-c2ccc(C3CCC(C#N)(CCCCCCC)CC3)cc2)cc1. The van der Waals surface area contributed by atoms with E-state index in [0.29, 0.717) is 5.92 Å². The van der Waals surface area contributed by atoms with Gasteiger partial charge in [-0.25, -0.2) is 0 Å². The van der Waals surface area contributed by atoms with Gasteiger partial charge in [-0.05, 0) is 73.1 Å². The molecule has 0 amide bonds. The number of nitrogens with zero attached hydrogens (tertiary/aromatic N) is 1. The van der Waals surface area contributed by atoms with E-state index in [1.54, 1.807) is 0 Å². The third kappa shape index (κ3) is 8.83. The monoisotopic (exact) mass is 471 g/mol. The van der Waals surface area contributed by atoms with E-state index in [9.17, 15) is 5.26 Å². The normalized spacial score (nSPS) is 20.0. The summed E-state index contributed by atoms with van der Waals surface area (Å²) in [6.07, 6.45) is 21.4. The number of hydrogen-bond acceptors (Lipinski definition) is 1. The summed E-state index contributed by atoms with van der Waals surface area (Å²) in [5.41, 5.74) is 5.50. The van der Waals surface area contributed by atoms with E-state index < -0.39 is 0 Å². The van der Waals surface area contributed by atoms with Crippen LogP contribution in [0, 0.1) is 16.7 Å². The number of nitriles is 1. The van der Waals surface area contributed by atoms with Crippen molar-refractivity contribution in [3.8, 4) is 17.2 Å². The van der Waals surface area contributed by atoms with E-state index in [1.165, 1.54) is 99.3 Å². The van der Waals surface area contributed by atoms with Gasteiger partial charge in [-0.15, -0.1) is 0 Å². The molecule has 1 heteroatoms. The number of aryl methyl sites for hydroxylation is 1. The molecule has 0 saturated heterocycles. The Morgan fingerprint density at radius 3 is 1.77 bits per heavy atom. The minimum Gasteiger partial charge on any atom is -0.198 e. The average molecular weight is 472 g/mol. The summed E-state index contributed by atoms with van der Waals surface area (Å²) in [6.45, 7) is 4.54. The lowest BCUT2D eigenvalue weighted by molar-refractivity contribution is 0.223. The lowest BCUT2D eigenvalue weighted by atomic mass is 9.67. The highest BCUT2D eigenvalue weighted by Crippen LogP contribution is 2.45. The number of benzene rings is 2. The highest BCUT2D eigenvalue weighted by molar-refractivity contribution is 5.64. The molecule has 1 aliphatic carbocycles. The second kappa shape index (κ2) is 15.1. The molecule has 1 saturated carbocycles. The highest BCUT2D eigenvalue weighted by atomic mass is 14.4. The Morgan fingerprint density at radius 1 is 0.686 bits per heavy atom. The minimum atomic E-state index is -0.0556. The molecule has 2 aromatic carbocycles. The first kappa shape index (κ1) is 27.5. The Kier molecular flexibility index (Phi) is 11.9. The van der Waals surface area contributed by atoms with Crippen LogP contribution in [0.5, 0.6) is 0 Å². The fraction of sp³-hybridized carbons (Fsp3) is 0.618. The summed E-state index contributed by atoms with van der Waals surface area (Å²) in [4.78, 5) is 0. The van der Waals surface area contributed by atoms with Crippen LogP contribution in [-0.2, 0) is 6.42 Å². The van der Waals surface area contributed by atoms with Crippen LogP contribution in [0.4, 0.5) is 0 Å². The largest absolute Gasteiger partial charge is 0.198 e. The molecule has 0 bridgehead atoms. The van der Waals surface area contributed by atoms with Crippen molar-refractivity contribution in [2.45, 2.75) is 129 Å². The summed E-state index contributed by atoms with van der Waals surface area (Å²) in [7, 11) is 0. The third-order valence-electron chi connectivity index (χ3n) is 8.43. The van der Waals surface area contributed by atoms with Crippen LogP contribution in [0.25, 0.3) is 11.1 Å². The van der Waals surface area contributed by atoms with Crippen LogP contribution in [-0.4, -0.2) is 0 Å². The zero-order chi connectivity index (χ0) is 24.8. The molecular weight excluding hydrogens is 422 g/mol. The van der Waals surface area contributed by atoms with Crippen molar-refractivity contribution in [2.24, 2.45) is 5.41 Å². The molecule has 190 valence electrons. The molecule has 0 heterocycles. The van der Waals surface area contributed by atoms with Crippen LogP contribution < -0.4 is 0 Å². The average Bonchev–Trinajstić information content (AvgIpc) is 2.91. The van der Waals surface area contributed by atoms with E-state index in [2.05, 4.69) is 68.4 Å². The van der Waals surface area contributed by atoms with E-state index in [-0.39, 0.29) is 5.41 Å². The van der Waals surface area contributed by atoms with Crippen molar-refractivity contribution in [3.63, 3.8) is 0 Å². The molecule has 2 aromatic rings.